The fourth-order valence-electron chi connectivity index (χ4n) is 1.83. The fourth-order valence-corrected chi connectivity index (χ4v) is 1.83. The SMILES string of the molecule is Cc1cc(C(=O)O)cnc1Oc1cccc(C(C)C)c1. The zero-order valence-electron chi connectivity index (χ0n) is 11.8. The lowest BCUT2D eigenvalue weighted by molar-refractivity contribution is 0.0696. The smallest absolute Gasteiger partial charge is 0.337 e. The van der Waals surface area contributed by atoms with Crippen LogP contribution < -0.4 is 4.74 Å². The highest BCUT2D eigenvalue weighted by Gasteiger charge is 2.09. The summed E-state index contributed by atoms with van der Waals surface area (Å²) in [5.74, 6) is 0.557. The second kappa shape index (κ2) is 5.74. The zero-order valence-corrected chi connectivity index (χ0v) is 11.8. The molecule has 104 valence electrons. The average Bonchev–Trinajstić information content (AvgIpc) is 2.41. The summed E-state index contributed by atoms with van der Waals surface area (Å²) >= 11 is 0. The third kappa shape index (κ3) is 3.15. The van der Waals surface area contributed by atoms with Gasteiger partial charge < -0.3 is 9.84 Å². The second-order valence-electron chi connectivity index (χ2n) is 4.98. The Balaban J connectivity index is 2.26. The predicted octanol–water partition coefficient (Wildman–Crippen LogP) is 4.00. The van der Waals surface area contributed by atoms with Crippen LogP contribution in [0.25, 0.3) is 0 Å². The van der Waals surface area contributed by atoms with Crippen molar-refractivity contribution in [1.82, 2.24) is 4.98 Å². The first kappa shape index (κ1) is 14.1. The van der Waals surface area contributed by atoms with Gasteiger partial charge in [-0.15, -0.1) is 0 Å². The molecule has 0 fully saturated rings. The summed E-state index contributed by atoms with van der Waals surface area (Å²) in [6.07, 6.45) is 1.30. The van der Waals surface area contributed by atoms with Gasteiger partial charge in [-0.3, -0.25) is 0 Å². The first-order valence-electron chi connectivity index (χ1n) is 6.45. The number of ether oxygens (including phenoxy) is 1. The van der Waals surface area contributed by atoms with Crippen molar-refractivity contribution >= 4 is 5.97 Å². The van der Waals surface area contributed by atoms with Gasteiger partial charge in [0, 0.05) is 11.8 Å². The Bertz CT molecular complexity index is 635. The quantitative estimate of drug-likeness (QED) is 0.912. The number of hydrogen-bond donors (Lipinski definition) is 1. The lowest BCUT2D eigenvalue weighted by Gasteiger charge is -2.10. The highest BCUT2D eigenvalue weighted by Crippen LogP contribution is 2.26. The van der Waals surface area contributed by atoms with Gasteiger partial charge in [-0.25, -0.2) is 9.78 Å². The molecular formula is C16H17NO3. The maximum atomic E-state index is 10.9. The summed E-state index contributed by atoms with van der Waals surface area (Å²) in [7, 11) is 0. The van der Waals surface area contributed by atoms with Crippen LogP contribution in [0.4, 0.5) is 0 Å². The minimum Gasteiger partial charge on any atom is -0.478 e. The van der Waals surface area contributed by atoms with Crippen LogP contribution in [0.3, 0.4) is 0 Å². The monoisotopic (exact) mass is 271 g/mol. The van der Waals surface area contributed by atoms with E-state index in [4.69, 9.17) is 9.84 Å². The Kier molecular flexibility index (Phi) is 4.03. The molecular weight excluding hydrogens is 254 g/mol. The number of nitrogens with zero attached hydrogens (tertiary/aromatic N) is 1. The van der Waals surface area contributed by atoms with Gasteiger partial charge >= 0.3 is 5.97 Å². The molecule has 0 aliphatic carbocycles. The van der Waals surface area contributed by atoms with E-state index in [9.17, 15) is 4.79 Å². The molecule has 2 rings (SSSR count). The number of pyridine rings is 1. The van der Waals surface area contributed by atoms with E-state index in [-0.39, 0.29) is 5.56 Å². The van der Waals surface area contributed by atoms with Gasteiger partial charge in [0.25, 0.3) is 0 Å². The Morgan fingerprint density at radius 1 is 1.30 bits per heavy atom. The molecule has 0 saturated heterocycles. The Hall–Kier alpha value is -2.36. The van der Waals surface area contributed by atoms with E-state index < -0.39 is 5.97 Å². The number of carboxylic acid groups (broad SMARTS) is 1. The van der Waals surface area contributed by atoms with E-state index in [1.165, 1.54) is 11.8 Å². The summed E-state index contributed by atoms with van der Waals surface area (Å²) in [5, 5.41) is 8.91. The third-order valence-corrected chi connectivity index (χ3v) is 3.02. The Labute approximate surface area is 118 Å². The number of aryl methyl sites for hydroxylation is 1. The van der Waals surface area contributed by atoms with Crippen molar-refractivity contribution in [1.29, 1.82) is 0 Å². The summed E-state index contributed by atoms with van der Waals surface area (Å²) in [6, 6.07) is 9.36. The lowest BCUT2D eigenvalue weighted by atomic mass is 10.0. The van der Waals surface area contributed by atoms with Crippen molar-refractivity contribution in [3.05, 3.63) is 53.2 Å². The van der Waals surface area contributed by atoms with Crippen LogP contribution in [0.5, 0.6) is 11.6 Å². The molecule has 1 aromatic carbocycles. The van der Waals surface area contributed by atoms with E-state index in [2.05, 4.69) is 18.8 Å². The maximum Gasteiger partial charge on any atom is 0.337 e. The molecule has 0 aliphatic heterocycles. The molecule has 0 aliphatic rings. The minimum atomic E-state index is -0.992. The normalized spacial score (nSPS) is 10.6. The molecule has 0 radical (unpaired) electrons. The Morgan fingerprint density at radius 2 is 2.05 bits per heavy atom. The standard InChI is InChI=1S/C16H17NO3/c1-10(2)12-5-4-6-14(8-12)20-15-11(3)7-13(9-17-15)16(18)19/h4-10H,1-3H3,(H,18,19). The third-order valence-electron chi connectivity index (χ3n) is 3.02. The Morgan fingerprint density at radius 3 is 2.65 bits per heavy atom. The number of carbonyl (C=O) groups is 1. The zero-order chi connectivity index (χ0) is 14.7. The molecule has 0 amide bonds. The molecule has 4 heteroatoms. The van der Waals surface area contributed by atoms with Crippen LogP contribution >= 0.6 is 0 Å². The first-order chi connectivity index (χ1) is 9.47. The van der Waals surface area contributed by atoms with Gasteiger partial charge in [-0.2, -0.15) is 0 Å². The molecule has 0 spiro atoms. The molecule has 1 aromatic heterocycles. The van der Waals surface area contributed by atoms with Gasteiger partial charge in [0.05, 0.1) is 5.56 Å². The first-order valence-corrected chi connectivity index (χ1v) is 6.45. The summed E-state index contributed by atoms with van der Waals surface area (Å²) in [5.41, 5.74) is 2.04. The van der Waals surface area contributed by atoms with E-state index in [1.807, 2.05) is 24.3 Å². The number of rotatable bonds is 4. The summed E-state index contributed by atoms with van der Waals surface area (Å²) in [4.78, 5) is 14.9. The van der Waals surface area contributed by atoms with Gasteiger partial charge in [-0.1, -0.05) is 26.0 Å². The molecule has 2 aromatic rings. The highest BCUT2D eigenvalue weighted by atomic mass is 16.5. The summed E-state index contributed by atoms with van der Waals surface area (Å²) < 4.78 is 5.73. The molecule has 0 bridgehead atoms. The van der Waals surface area contributed by atoms with Crippen molar-refractivity contribution in [2.75, 3.05) is 0 Å². The van der Waals surface area contributed by atoms with Crippen molar-refractivity contribution < 1.29 is 14.6 Å². The minimum absolute atomic E-state index is 0.158. The van der Waals surface area contributed by atoms with Crippen LogP contribution in [0, 0.1) is 6.92 Å². The van der Waals surface area contributed by atoms with Crippen molar-refractivity contribution in [3.63, 3.8) is 0 Å². The molecule has 4 nitrogen and oxygen atoms in total. The van der Waals surface area contributed by atoms with Crippen molar-refractivity contribution in [3.8, 4) is 11.6 Å². The fraction of sp³-hybridized carbons (Fsp3) is 0.250. The van der Waals surface area contributed by atoms with Gasteiger partial charge in [-0.05, 0) is 36.6 Å². The summed E-state index contributed by atoms with van der Waals surface area (Å²) in [6.45, 7) is 6.01. The largest absolute Gasteiger partial charge is 0.478 e. The van der Waals surface area contributed by atoms with Gasteiger partial charge in [0.15, 0.2) is 0 Å². The number of hydrogen-bond acceptors (Lipinski definition) is 3. The molecule has 20 heavy (non-hydrogen) atoms. The topological polar surface area (TPSA) is 59.4 Å². The number of carboxylic acids is 1. The predicted molar refractivity (Wildman–Crippen MR) is 76.5 cm³/mol. The van der Waals surface area contributed by atoms with Crippen molar-refractivity contribution in [2.45, 2.75) is 26.7 Å². The lowest BCUT2D eigenvalue weighted by Crippen LogP contribution is -2.00. The molecule has 0 saturated carbocycles. The van der Waals surface area contributed by atoms with Crippen LogP contribution in [-0.2, 0) is 0 Å². The van der Waals surface area contributed by atoms with E-state index >= 15 is 0 Å². The molecule has 1 N–H and O–H groups in total. The number of aromatic carboxylic acids is 1. The van der Waals surface area contributed by atoms with Crippen LogP contribution in [0.15, 0.2) is 36.5 Å². The van der Waals surface area contributed by atoms with E-state index in [0.717, 1.165) is 0 Å². The van der Waals surface area contributed by atoms with Gasteiger partial charge in [0.1, 0.15) is 5.75 Å². The van der Waals surface area contributed by atoms with E-state index in [1.54, 1.807) is 13.0 Å². The number of aromatic nitrogens is 1. The highest BCUT2D eigenvalue weighted by molar-refractivity contribution is 5.87. The second-order valence-corrected chi connectivity index (χ2v) is 4.98. The maximum absolute atomic E-state index is 10.9. The van der Waals surface area contributed by atoms with Crippen LogP contribution in [-0.4, -0.2) is 16.1 Å². The molecule has 0 atom stereocenters. The van der Waals surface area contributed by atoms with Crippen LogP contribution in [0.2, 0.25) is 0 Å². The molecule has 0 unspecified atom stereocenters. The van der Waals surface area contributed by atoms with Crippen molar-refractivity contribution in [2.24, 2.45) is 0 Å². The van der Waals surface area contributed by atoms with Crippen LogP contribution in [0.1, 0.15) is 41.3 Å². The number of benzene rings is 1. The van der Waals surface area contributed by atoms with Gasteiger partial charge in [0.2, 0.25) is 5.88 Å². The average molecular weight is 271 g/mol. The van der Waals surface area contributed by atoms with E-state index in [0.29, 0.717) is 23.1 Å². The molecule has 1 heterocycles.